The normalized spacial score (nSPS) is 11.6. The molecule has 3 aromatic heterocycles. The van der Waals surface area contributed by atoms with Crippen molar-refractivity contribution in [1.29, 1.82) is 0 Å². The van der Waals surface area contributed by atoms with Gasteiger partial charge in [0.25, 0.3) is 0 Å². The van der Waals surface area contributed by atoms with Gasteiger partial charge >= 0.3 is 0 Å². The van der Waals surface area contributed by atoms with Gasteiger partial charge in [0, 0.05) is 10.9 Å². The Balaban J connectivity index is 1.56. The van der Waals surface area contributed by atoms with Gasteiger partial charge in [0.15, 0.2) is 5.82 Å². The standard InChI is InChI=1S/C23H15ClFN7/c1-13-3-2-4-16(7-13)32-23(18(24)12-27-32)15-8-19(25)22-21(9-15)31(30-29-22)17-6-5-14-11-26-28-20(14)10-17/h2-12H,1H3,(H,26,28). The zero-order valence-electron chi connectivity index (χ0n) is 16.8. The Hall–Kier alpha value is -4.04. The second kappa shape index (κ2) is 7.00. The second-order valence-electron chi connectivity index (χ2n) is 7.56. The fraction of sp³-hybridized carbons (Fsp3) is 0.0435. The third kappa shape index (κ3) is 2.88. The lowest BCUT2D eigenvalue weighted by Crippen LogP contribution is -2.01. The van der Waals surface area contributed by atoms with Crippen LogP contribution in [-0.2, 0) is 0 Å². The van der Waals surface area contributed by atoms with Crippen molar-refractivity contribution in [3.63, 3.8) is 0 Å². The average Bonchev–Trinajstić information content (AvgIpc) is 3.51. The number of benzene rings is 3. The number of nitrogens with one attached hydrogen (secondary N) is 1. The van der Waals surface area contributed by atoms with Crippen LogP contribution in [-0.4, -0.2) is 35.0 Å². The van der Waals surface area contributed by atoms with Crippen molar-refractivity contribution in [3.8, 4) is 22.6 Å². The van der Waals surface area contributed by atoms with E-state index >= 15 is 4.39 Å². The highest BCUT2D eigenvalue weighted by Crippen LogP contribution is 2.33. The Bertz CT molecular complexity index is 1630. The smallest absolute Gasteiger partial charge is 0.153 e. The van der Waals surface area contributed by atoms with E-state index in [1.54, 1.807) is 21.8 Å². The van der Waals surface area contributed by atoms with Gasteiger partial charge in [-0.3, -0.25) is 5.10 Å². The maximum atomic E-state index is 15.1. The molecule has 3 aromatic carbocycles. The number of hydrogen-bond donors (Lipinski definition) is 1. The van der Waals surface area contributed by atoms with Crippen molar-refractivity contribution >= 4 is 33.5 Å². The molecule has 0 aliphatic rings. The van der Waals surface area contributed by atoms with Gasteiger partial charge in [-0.05, 0) is 55.0 Å². The Labute approximate surface area is 186 Å². The van der Waals surface area contributed by atoms with Crippen molar-refractivity contribution < 1.29 is 4.39 Å². The van der Waals surface area contributed by atoms with Crippen LogP contribution >= 0.6 is 11.6 Å². The molecular weight excluding hydrogens is 429 g/mol. The number of fused-ring (bicyclic) bond motifs is 2. The van der Waals surface area contributed by atoms with Crippen LogP contribution in [0.5, 0.6) is 0 Å². The summed E-state index contributed by atoms with van der Waals surface area (Å²) in [5, 5.41) is 21.0. The van der Waals surface area contributed by atoms with Gasteiger partial charge in [0.1, 0.15) is 5.52 Å². The fourth-order valence-corrected chi connectivity index (χ4v) is 4.14. The fourth-order valence-electron chi connectivity index (χ4n) is 3.91. The van der Waals surface area contributed by atoms with Crippen LogP contribution in [0.1, 0.15) is 5.56 Å². The van der Waals surface area contributed by atoms with Crippen molar-refractivity contribution in [2.45, 2.75) is 6.92 Å². The van der Waals surface area contributed by atoms with E-state index in [0.29, 0.717) is 21.8 Å². The minimum atomic E-state index is -0.487. The molecule has 9 heteroatoms. The van der Waals surface area contributed by atoms with Crippen LogP contribution in [0.4, 0.5) is 4.39 Å². The van der Waals surface area contributed by atoms with Crippen molar-refractivity contribution in [3.05, 3.63) is 83.4 Å². The summed E-state index contributed by atoms with van der Waals surface area (Å²) in [6.45, 7) is 2.00. The predicted octanol–water partition coefficient (Wildman–Crippen LogP) is 5.25. The lowest BCUT2D eigenvalue weighted by atomic mass is 10.1. The van der Waals surface area contributed by atoms with Crippen LogP contribution < -0.4 is 0 Å². The molecule has 0 aliphatic heterocycles. The lowest BCUT2D eigenvalue weighted by molar-refractivity contribution is 0.636. The van der Waals surface area contributed by atoms with Gasteiger partial charge in [-0.2, -0.15) is 10.2 Å². The summed E-state index contributed by atoms with van der Waals surface area (Å²) in [6.07, 6.45) is 3.30. The average molecular weight is 444 g/mol. The molecule has 0 unspecified atom stereocenters. The topological polar surface area (TPSA) is 77.2 Å². The molecule has 0 atom stereocenters. The highest BCUT2D eigenvalue weighted by atomic mass is 35.5. The molecule has 1 N–H and O–H groups in total. The first-order chi connectivity index (χ1) is 15.6. The molecule has 0 saturated carbocycles. The van der Waals surface area contributed by atoms with Gasteiger partial charge in [-0.25, -0.2) is 13.8 Å². The third-order valence-electron chi connectivity index (χ3n) is 5.42. The zero-order chi connectivity index (χ0) is 21.8. The van der Waals surface area contributed by atoms with Crippen LogP contribution in [0.25, 0.3) is 44.6 Å². The number of rotatable bonds is 3. The molecule has 0 amide bonds. The van der Waals surface area contributed by atoms with Crippen molar-refractivity contribution in [2.75, 3.05) is 0 Å². The largest absolute Gasteiger partial charge is 0.278 e. The molecular formula is C23H15ClFN7. The summed E-state index contributed by atoms with van der Waals surface area (Å²) in [5.41, 5.74) is 5.37. The van der Waals surface area contributed by atoms with Crippen LogP contribution in [0, 0.1) is 12.7 Å². The molecule has 7 nitrogen and oxygen atoms in total. The number of nitrogens with zero attached hydrogens (tertiary/aromatic N) is 6. The number of hydrogen-bond acceptors (Lipinski definition) is 4. The monoisotopic (exact) mass is 443 g/mol. The maximum absolute atomic E-state index is 15.1. The molecule has 0 aliphatic carbocycles. The minimum absolute atomic E-state index is 0.177. The van der Waals surface area contributed by atoms with E-state index < -0.39 is 5.82 Å². The maximum Gasteiger partial charge on any atom is 0.153 e. The summed E-state index contributed by atoms with van der Waals surface area (Å²) in [5.74, 6) is -0.487. The highest BCUT2D eigenvalue weighted by molar-refractivity contribution is 6.33. The van der Waals surface area contributed by atoms with Gasteiger partial charge in [-0.1, -0.05) is 28.9 Å². The lowest BCUT2D eigenvalue weighted by Gasteiger charge is -2.10. The Morgan fingerprint density at radius 2 is 1.84 bits per heavy atom. The van der Waals surface area contributed by atoms with Crippen molar-refractivity contribution in [2.24, 2.45) is 0 Å². The molecule has 0 spiro atoms. The summed E-state index contributed by atoms with van der Waals surface area (Å²) < 4.78 is 18.4. The minimum Gasteiger partial charge on any atom is -0.278 e. The Kier molecular flexibility index (Phi) is 4.09. The van der Waals surface area contributed by atoms with Gasteiger partial charge < -0.3 is 0 Å². The number of aromatic nitrogens is 7. The quantitative estimate of drug-likeness (QED) is 0.405. The Morgan fingerprint density at radius 1 is 0.969 bits per heavy atom. The first-order valence-electron chi connectivity index (χ1n) is 9.88. The Morgan fingerprint density at radius 3 is 2.72 bits per heavy atom. The van der Waals surface area contributed by atoms with Crippen LogP contribution in [0.15, 0.2) is 67.0 Å². The molecule has 0 fully saturated rings. The molecule has 156 valence electrons. The number of aromatic amines is 1. The molecule has 6 rings (SSSR count). The van der Waals surface area contributed by atoms with Gasteiger partial charge in [0.05, 0.1) is 45.5 Å². The molecule has 0 bridgehead atoms. The summed E-state index contributed by atoms with van der Waals surface area (Å²) in [4.78, 5) is 0. The molecule has 32 heavy (non-hydrogen) atoms. The van der Waals surface area contributed by atoms with E-state index in [-0.39, 0.29) is 5.52 Å². The van der Waals surface area contributed by atoms with Gasteiger partial charge in [0.2, 0.25) is 0 Å². The van der Waals surface area contributed by atoms with E-state index in [2.05, 4.69) is 25.6 Å². The first kappa shape index (κ1) is 18.7. The van der Waals surface area contributed by atoms with E-state index in [1.807, 2.05) is 55.5 Å². The number of aryl methyl sites for hydroxylation is 1. The summed E-state index contributed by atoms with van der Waals surface area (Å²) in [6, 6.07) is 16.8. The SMILES string of the molecule is Cc1cccc(-n2ncc(Cl)c2-c2cc(F)c3nnn(-c4ccc5cn[nH]c5c4)c3c2)c1. The van der Waals surface area contributed by atoms with E-state index in [1.165, 1.54) is 6.07 Å². The predicted molar refractivity (Wildman–Crippen MR) is 121 cm³/mol. The molecule has 3 heterocycles. The van der Waals surface area contributed by atoms with E-state index in [4.69, 9.17) is 11.6 Å². The number of H-pyrrole nitrogens is 1. The zero-order valence-corrected chi connectivity index (χ0v) is 17.5. The summed E-state index contributed by atoms with van der Waals surface area (Å²) in [7, 11) is 0. The second-order valence-corrected chi connectivity index (χ2v) is 7.97. The number of halogens is 2. The molecule has 0 radical (unpaired) electrons. The van der Waals surface area contributed by atoms with E-state index in [9.17, 15) is 0 Å². The molecule has 6 aromatic rings. The van der Waals surface area contributed by atoms with Crippen molar-refractivity contribution in [1.82, 2.24) is 35.0 Å². The van der Waals surface area contributed by atoms with E-state index in [0.717, 1.165) is 27.8 Å². The van der Waals surface area contributed by atoms with Gasteiger partial charge in [-0.15, -0.1) is 5.10 Å². The van der Waals surface area contributed by atoms with Crippen LogP contribution in [0.3, 0.4) is 0 Å². The third-order valence-corrected chi connectivity index (χ3v) is 5.70. The molecule has 0 saturated heterocycles. The first-order valence-corrected chi connectivity index (χ1v) is 10.3. The van der Waals surface area contributed by atoms with Crippen LogP contribution in [0.2, 0.25) is 5.02 Å². The highest BCUT2D eigenvalue weighted by Gasteiger charge is 2.19. The summed E-state index contributed by atoms with van der Waals surface area (Å²) >= 11 is 6.50.